The van der Waals surface area contributed by atoms with E-state index in [2.05, 4.69) is 38.7 Å². The number of aryl methyl sites for hydroxylation is 2. The molecule has 0 N–H and O–H groups in total. The molecule has 3 rings (SSSR count). The molecule has 0 aromatic carbocycles. The summed E-state index contributed by atoms with van der Waals surface area (Å²) in [5, 5.41) is 8.92. The summed E-state index contributed by atoms with van der Waals surface area (Å²) in [5.41, 5.74) is 3.41. The molecule has 2 aromatic heterocycles. The minimum atomic E-state index is 1.06. The van der Waals surface area contributed by atoms with Crippen LogP contribution in [-0.2, 0) is 0 Å². The molecule has 0 amide bonds. The van der Waals surface area contributed by atoms with Crippen LogP contribution in [0.3, 0.4) is 0 Å². The van der Waals surface area contributed by atoms with E-state index in [1.54, 1.807) is 11.3 Å². The Labute approximate surface area is 111 Å². The molecule has 0 radical (unpaired) electrons. The summed E-state index contributed by atoms with van der Waals surface area (Å²) in [4.78, 5) is 5.63. The molecule has 5 heteroatoms. The fourth-order valence-corrected chi connectivity index (χ4v) is 3.33. The molecule has 0 spiro atoms. The Morgan fingerprint density at radius 2 is 2.06 bits per heavy atom. The summed E-state index contributed by atoms with van der Waals surface area (Å²) in [6, 6.07) is 0. The number of hydrogen-bond donors (Lipinski definition) is 0. The highest BCUT2D eigenvalue weighted by atomic mass is 32.1. The molecular formula is C13H18N4S. The normalized spacial score (nSPS) is 17.1. The zero-order valence-electron chi connectivity index (χ0n) is 10.9. The van der Waals surface area contributed by atoms with Crippen molar-refractivity contribution in [2.75, 3.05) is 13.1 Å². The van der Waals surface area contributed by atoms with E-state index >= 15 is 0 Å². The third-order valence-electron chi connectivity index (χ3n) is 3.43. The molecule has 1 aliphatic rings. The van der Waals surface area contributed by atoms with Crippen molar-refractivity contribution in [2.45, 2.75) is 33.1 Å². The van der Waals surface area contributed by atoms with Crippen LogP contribution in [-0.4, -0.2) is 33.7 Å². The predicted octanol–water partition coefficient (Wildman–Crippen LogP) is 2.83. The van der Waals surface area contributed by atoms with Crippen molar-refractivity contribution in [1.82, 2.24) is 14.4 Å². The minimum Gasteiger partial charge on any atom is -0.297 e. The summed E-state index contributed by atoms with van der Waals surface area (Å²) in [7, 11) is 0. The van der Waals surface area contributed by atoms with Gasteiger partial charge in [-0.15, -0.1) is 11.3 Å². The number of hydrazone groups is 1. The van der Waals surface area contributed by atoms with Crippen molar-refractivity contribution < 1.29 is 0 Å². The van der Waals surface area contributed by atoms with E-state index in [1.165, 1.54) is 25.0 Å². The van der Waals surface area contributed by atoms with Gasteiger partial charge in [-0.05, 0) is 33.1 Å². The zero-order chi connectivity index (χ0) is 12.5. The molecule has 0 unspecified atom stereocenters. The van der Waals surface area contributed by atoms with Gasteiger partial charge in [-0.2, -0.15) is 5.10 Å². The van der Waals surface area contributed by atoms with Crippen molar-refractivity contribution in [3.63, 3.8) is 0 Å². The molecular weight excluding hydrogens is 244 g/mol. The van der Waals surface area contributed by atoms with E-state index < -0.39 is 0 Å². The molecule has 96 valence electrons. The lowest BCUT2D eigenvalue weighted by Crippen LogP contribution is -2.24. The lowest BCUT2D eigenvalue weighted by molar-refractivity contribution is 0.240. The van der Waals surface area contributed by atoms with Crippen LogP contribution in [0, 0.1) is 13.8 Å². The Kier molecular flexibility index (Phi) is 3.07. The highest BCUT2D eigenvalue weighted by molar-refractivity contribution is 7.15. The average molecular weight is 262 g/mol. The molecule has 0 aliphatic carbocycles. The van der Waals surface area contributed by atoms with Gasteiger partial charge in [-0.3, -0.25) is 9.41 Å². The number of nitrogens with zero attached hydrogens (tertiary/aromatic N) is 4. The smallest absolute Gasteiger partial charge is 0.194 e. The summed E-state index contributed by atoms with van der Waals surface area (Å²) in [6.45, 7) is 6.33. The van der Waals surface area contributed by atoms with Crippen molar-refractivity contribution in [3.8, 4) is 0 Å². The maximum atomic E-state index is 4.61. The van der Waals surface area contributed by atoms with Crippen LogP contribution < -0.4 is 0 Å². The molecule has 0 bridgehead atoms. The maximum absolute atomic E-state index is 4.61. The monoisotopic (exact) mass is 262 g/mol. The van der Waals surface area contributed by atoms with E-state index in [4.69, 9.17) is 0 Å². The zero-order valence-corrected chi connectivity index (χ0v) is 11.7. The first-order valence-corrected chi connectivity index (χ1v) is 7.36. The standard InChI is InChI=1S/C13H18N4S/c1-10-9-18-13-15-11(2)12(17(10)13)8-14-16-6-4-3-5-7-16/h8-9H,3-7H2,1-2H3/b14-8+. The Morgan fingerprint density at radius 1 is 1.28 bits per heavy atom. The fraction of sp³-hybridized carbons (Fsp3) is 0.538. The molecule has 2 aromatic rings. The van der Waals surface area contributed by atoms with Gasteiger partial charge in [-0.1, -0.05) is 0 Å². The molecule has 0 atom stereocenters. The number of aromatic nitrogens is 2. The molecule has 3 heterocycles. The second-order valence-corrected chi connectivity index (χ2v) is 5.67. The van der Waals surface area contributed by atoms with Gasteiger partial charge in [0.15, 0.2) is 4.96 Å². The first kappa shape index (κ1) is 11.7. The van der Waals surface area contributed by atoms with Gasteiger partial charge in [0, 0.05) is 24.2 Å². The van der Waals surface area contributed by atoms with Gasteiger partial charge in [0.25, 0.3) is 0 Å². The maximum Gasteiger partial charge on any atom is 0.194 e. The van der Waals surface area contributed by atoms with Crippen molar-refractivity contribution in [2.24, 2.45) is 5.10 Å². The molecule has 1 aliphatic heterocycles. The lowest BCUT2D eigenvalue weighted by atomic mass is 10.2. The summed E-state index contributed by atoms with van der Waals surface area (Å²) < 4.78 is 2.19. The fourth-order valence-electron chi connectivity index (χ4n) is 2.41. The summed E-state index contributed by atoms with van der Waals surface area (Å²) in [5.74, 6) is 0. The Bertz CT molecular complexity index is 575. The summed E-state index contributed by atoms with van der Waals surface area (Å²) >= 11 is 1.69. The topological polar surface area (TPSA) is 32.9 Å². The third kappa shape index (κ3) is 2.03. The first-order chi connectivity index (χ1) is 8.75. The van der Waals surface area contributed by atoms with Gasteiger partial charge in [-0.25, -0.2) is 4.98 Å². The average Bonchev–Trinajstić information content (AvgIpc) is 2.88. The SMILES string of the molecule is Cc1nc2scc(C)n2c1/C=N/N1CCCCC1. The van der Waals surface area contributed by atoms with Crippen LogP contribution >= 0.6 is 11.3 Å². The molecule has 1 fully saturated rings. The number of piperidine rings is 1. The van der Waals surface area contributed by atoms with Gasteiger partial charge in [0.1, 0.15) is 0 Å². The number of thiazole rings is 1. The molecule has 1 saturated heterocycles. The van der Waals surface area contributed by atoms with Crippen LogP contribution in [0.4, 0.5) is 0 Å². The third-order valence-corrected chi connectivity index (χ3v) is 4.37. The van der Waals surface area contributed by atoms with Crippen molar-refractivity contribution >= 4 is 22.5 Å². The van der Waals surface area contributed by atoms with Crippen molar-refractivity contribution in [1.29, 1.82) is 0 Å². The van der Waals surface area contributed by atoms with Crippen LogP contribution in [0.5, 0.6) is 0 Å². The second kappa shape index (κ2) is 4.72. The van der Waals surface area contributed by atoms with Crippen molar-refractivity contribution in [3.05, 3.63) is 22.5 Å². The van der Waals surface area contributed by atoms with Crippen LogP contribution in [0.2, 0.25) is 0 Å². The van der Waals surface area contributed by atoms with Crippen LogP contribution in [0.15, 0.2) is 10.5 Å². The minimum absolute atomic E-state index is 1.06. The highest BCUT2D eigenvalue weighted by Gasteiger charge is 2.11. The second-order valence-electron chi connectivity index (χ2n) is 4.84. The largest absolute Gasteiger partial charge is 0.297 e. The van der Waals surface area contributed by atoms with Gasteiger partial charge in [0.05, 0.1) is 17.6 Å². The van der Waals surface area contributed by atoms with Gasteiger partial charge < -0.3 is 0 Å². The quantitative estimate of drug-likeness (QED) is 0.780. The van der Waals surface area contributed by atoms with Crippen LogP contribution in [0.25, 0.3) is 4.96 Å². The Balaban J connectivity index is 1.91. The first-order valence-electron chi connectivity index (χ1n) is 6.48. The van der Waals surface area contributed by atoms with E-state index in [0.717, 1.165) is 29.4 Å². The van der Waals surface area contributed by atoms with Crippen LogP contribution in [0.1, 0.15) is 36.3 Å². The van der Waals surface area contributed by atoms with Gasteiger partial charge in [0.2, 0.25) is 0 Å². The summed E-state index contributed by atoms with van der Waals surface area (Å²) in [6.07, 6.45) is 5.83. The van der Waals surface area contributed by atoms with E-state index in [-0.39, 0.29) is 0 Å². The Hall–Kier alpha value is -1.36. The molecule has 18 heavy (non-hydrogen) atoms. The number of imidazole rings is 1. The molecule has 0 saturated carbocycles. The van der Waals surface area contributed by atoms with E-state index in [0.29, 0.717) is 0 Å². The van der Waals surface area contributed by atoms with E-state index in [9.17, 15) is 0 Å². The highest BCUT2D eigenvalue weighted by Crippen LogP contribution is 2.19. The number of hydrogen-bond acceptors (Lipinski definition) is 4. The molecule has 4 nitrogen and oxygen atoms in total. The lowest BCUT2D eigenvalue weighted by Gasteiger charge is -2.23. The predicted molar refractivity (Wildman–Crippen MR) is 75.6 cm³/mol. The Morgan fingerprint density at radius 3 is 2.83 bits per heavy atom. The van der Waals surface area contributed by atoms with Gasteiger partial charge >= 0.3 is 0 Å². The number of fused-ring (bicyclic) bond motifs is 1. The number of rotatable bonds is 2. The van der Waals surface area contributed by atoms with E-state index in [1.807, 2.05) is 6.21 Å².